The fourth-order valence-corrected chi connectivity index (χ4v) is 4.48. The lowest BCUT2D eigenvalue weighted by Gasteiger charge is -2.36. The Morgan fingerprint density at radius 3 is 2.41 bits per heavy atom. The third-order valence-electron chi connectivity index (χ3n) is 5.87. The second-order valence-electron chi connectivity index (χ2n) is 7.07. The molecule has 1 atom stereocenters. The van der Waals surface area contributed by atoms with E-state index in [1.807, 2.05) is 6.07 Å². The quantitative estimate of drug-likeness (QED) is 0.832. The van der Waals surface area contributed by atoms with Crippen molar-refractivity contribution in [3.05, 3.63) is 52.1 Å². The van der Waals surface area contributed by atoms with Crippen LogP contribution < -0.4 is 14.2 Å². The molecular formula is C22H24N2O3. The van der Waals surface area contributed by atoms with Crippen LogP contribution >= 0.6 is 0 Å². The van der Waals surface area contributed by atoms with Gasteiger partial charge in [-0.05, 0) is 59.7 Å². The van der Waals surface area contributed by atoms with Gasteiger partial charge in [-0.1, -0.05) is 6.07 Å². The van der Waals surface area contributed by atoms with Crippen LogP contribution in [0.5, 0.6) is 17.2 Å². The Bertz CT molecular complexity index is 917. The summed E-state index contributed by atoms with van der Waals surface area (Å²) in [6, 6.07) is 11.0. The lowest BCUT2D eigenvalue weighted by molar-refractivity contribution is 0.173. The highest BCUT2D eigenvalue weighted by Gasteiger charge is 2.32. The molecule has 2 aliphatic rings. The Balaban J connectivity index is 1.75. The minimum atomic E-state index is 0.318. The molecule has 140 valence electrons. The predicted molar refractivity (Wildman–Crippen MR) is 102 cm³/mol. The van der Waals surface area contributed by atoms with E-state index >= 15 is 0 Å². The zero-order valence-corrected chi connectivity index (χ0v) is 16.0. The summed E-state index contributed by atoms with van der Waals surface area (Å²) < 4.78 is 16.4. The van der Waals surface area contributed by atoms with Crippen LogP contribution in [-0.2, 0) is 19.4 Å². The molecule has 0 aliphatic carbocycles. The summed E-state index contributed by atoms with van der Waals surface area (Å²) in [5.74, 6) is 2.23. The topological polar surface area (TPSA) is 54.7 Å². The zero-order chi connectivity index (χ0) is 19.0. The number of fused-ring (bicyclic) bond motifs is 4. The van der Waals surface area contributed by atoms with Crippen LogP contribution in [0.4, 0.5) is 0 Å². The van der Waals surface area contributed by atoms with Gasteiger partial charge in [0.05, 0.1) is 26.9 Å². The van der Waals surface area contributed by atoms with E-state index in [0.29, 0.717) is 17.4 Å². The van der Waals surface area contributed by atoms with Crippen LogP contribution in [0, 0.1) is 11.3 Å². The van der Waals surface area contributed by atoms with Crippen molar-refractivity contribution < 1.29 is 14.2 Å². The number of hydrogen-bond donors (Lipinski definition) is 0. The van der Waals surface area contributed by atoms with Gasteiger partial charge in [0.1, 0.15) is 11.8 Å². The molecule has 0 saturated heterocycles. The number of hydrogen-bond acceptors (Lipinski definition) is 5. The average Bonchev–Trinajstić information content (AvgIpc) is 2.91. The molecule has 27 heavy (non-hydrogen) atoms. The van der Waals surface area contributed by atoms with Crippen LogP contribution in [0.3, 0.4) is 0 Å². The Labute approximate surface area is 160 Å². The van der Waals surface area contributed by atoms with Crippen LogP contribution in [-0.4, -0.2) is 32.8 Å². The van der Waals surface area contributed by atoms with Crippen LogP contribution in [0.15, 0.2) is 24.3 Å². The molecule has 0 unspecified atom stereocenters. The van der Waals surface area contributed by atoms with Crippen LogP contribution in [0.2, 0.25) is 0 Å². The molecule has 4 rings (SSSR count). The van der Waals surface area contributed by atoms with Crippen molar-refractivity contribution in [1.29, 1.82) is 5.26 Å². The predicted octanol–water partition coefficient (Wildman–Crippen LogP) is 3.63. The largest absolute Gasteiger partial charge is 0.495 e. The highest BCUT2D eigenvalue weighted by Crippen LogP contribution is 2.43. The lowest BCUT2D eigenvalue weighted by Crippen LogP contribution is -2.34. The van der Waals surface area contributed by atoms with E-state index in [9.17, 15) is 5.26 Å². The van der Waals surface area contributed by atoms with Crippen molar-refractivity contribution in [1.82, 2.24) is 4.90 Å². The number of benzene rings is 2. The van der Waals surface area contributed by atoms with E-state index in [2.05, 4.69) is 29.2 Å². The fraction of sp³-hybridized carbons (Fsp3) is 0.409. The van der Waals surface area contributed by atoms with Gasteiger partial charge in [-0.25, -0.2) is 0 Å². The van der Waals surface area contributed by atoms with Gasteiger partial charge in [0.25, 0.3) is 0 Å². The SMILES string of the molecule is COc1cc2c(cc1OC)[C@@H]1CCc3ccc(OC)c(C#N)c3CN1CC2. The maximum atomic E-state index is 9.70. The summed E-state index contributed by atoms with van der Waals surface area (Å²) in [6.45, 7) is 1.74. The number of nitriles is 1. The second kappa shape index (κ2) is 7.13. The summed E-state index contributed by atoms with van der Waals surface area (Å²) >= 11 is 0. The molecule has 0 saturated carbocycles. The number of rotatable bonds is 3. The first-order valence-corrected chi connectivity index (χ1v) is 9.27. The molecule has 0 spiro atoms. The molecule has 0 radical (unpaired) electrons. The monoisotopic (exact) mass is 364 g/mol. The normalized spacial score (nSPS) is 18.4. The van der Waals surface area contributed by atoms with Gasteiger partial charge in [-0.2, -0.15) is 5.26 Å². The highest BCUT2D eigenvalue weighted by molar-refractivity contribution is 5.54. The van der Waals surface area contributed by atoms with Gasteiger partial charge < -0.3 is 14.2 Å². The van der Waals surface area contributed by atoms with Crippen LogP contribution in [0.25, 0.3) is 0 Å². The van der Waals surface area contributed by atoms with Gasteiger partial charge in [-0.3, -0.25) is 4.90 Å². The molecule has 0 N–H and O–H groups in total. The number of methoxy groups -OCH3 is 3. The van der Waals surface area contributed by atoms with Crippen molar-refractivity contribution in [3.63, 3.8) is 0 Å². The van der Waals surface area contributed by atoms with Gasteiger partial charge >= 0.3 is 0 Å². The first kappa shape index (κ1) is 17.7. The van der Waals surface area contributed by atoms with Crippen LogP contribution in [0.1, 0.15) is 40.3 Å². The molecule has 2 aliphatic heterocycles. The molecule has 0 amide bonds. The van der Waals surface area contributed by atoms with Crippen molar-refractivity contribution in [3.8, 4) is 23.3 Å². The van der Waals surface area contributed by atoms with Gasteiger partial charge in [0.15, 0.2) is 11.5 Å². The van der Waals surface area contributed by atoms with E-state index in [1.165, 1.54) is 16.7 Å². The first-order valence-electron chi connectivity index (χ1n) is 9.27. The minimum Gasteiger partial charge on any atom is -0.495 e. The number of nitrogens with zero attached hydrogens (tertiary/aromatic N) is 2. The molecule has 2 aromatic carbocycles. The lowest BCUT2D eigenvalue weighted by atomic mass is 9.89. The molecular weight excluding hydrogens is 340 g/mol. The Hall–Kier alpha value is -2.71. The van der Waals surface area contributed by atoms with Crippen molar-refractivity contribution >= 4 is 0 Å². The van der Waals surface area contributed by atoms with Crippen molar-refractivity contribution in [2.75, 3.05) is 27.9 Å². The highest BCUT2D eigenvalue weighted by atomic mass is 16.5. The van der Waals surface area contributed by atoms with Gasteiger partial charge in [0.2, 0.25) is 0 Å². The van der Waals surface area contributed by atoms with E-state index in [0.717, 1.165) is 49.4 Å². The minimum absolute atomic E-state index is 0.318. The number of ether oxygens (including phenoxy) is 3. The standard InChI is InChI=1S/C22H24N2O3/c1-25-20-7-5-14-4-6-19-16-11-22(27-3)21(26-2)10-15(16)8-9-24(19)13-18(14)17(20)12-23/h5,7,10-11,19H,4,6,8-9,13H2,1-3H3/t19-/m0/s1. The second-order valence-corrected chi connectivity index (χ2v) is 7.07. The first-order chi connectivity index (χ1) is 13.2. The third-order valence-corrected chi connectivity index (χ3v) is 5.87. The maximum absolute atomic E-state index is 9.70. The molecule has 2 heterocycles. The zero-order valence-electron chi connectivity index (χ0n) is 16.0. The summed E-state index contributed by atoms with van der Waals surface area (Å²) in [6.07, 6.45) is 2.93. The van der Waals surface area contributed by atoms with E-state index in [4.69, 9.17) is 14.2 Å². The molecule has 5 nitrogen and oxygen atoms in total. The molecule has 0 aromatic heterocycles. The fourth-order valence-electron chi connectivity index (χ4n) is 4.48. The summed E-state index contributed by atoms with van der Waals surface area (Å²) in [5.41, 5.74) is 5.69. The van der Waals surface area contributed by atoms with Gasteiger partial charge in [0, 0.05) is 19.1 Å². The molecule has 5 heteroatoms. The smallest absolute Gasteiger partial charge is 0.161 e. The van der Waals surface area contributed by atoms with E-state index in [1.54, 1.807) is 21.3 Å². The van der Waals surface area contributed by atoms with E-state index in [-0.39, 0.29) is 0 Å². The molecule has 2 aromatic rings. The summed E-state index contributed by atoms with van der Waals surface area (Å²) in [7, 11) is 4.98. The van der Waals surface area contributed by atoms with Crippen molar-refractivity contribution in [2.24, 2.45) is 0 Å². The maximum Gasteiger partial charge on any atom is 0.161 e. The molecule has 0 bridgehead atoms. The van der Waals surface area contributed by atoms with Crippen molar-refractivity contribution in [2.45, 2.75) is 31.8 Å². The van der Waals surface area contributed by atoms with Gasteiger partial charge in [-0.15, -0.1) is 0 Å². The Morgan fingerprint density at radius 2 is 1.70 bits per heavy atom. The average molecular weight is 364 g/mol. The molecule has 0 fully saturated rings. The Kier molecular flexibility index (Phi) is 4.67. The third kappa shape index (κ3) is 2.90. The van der Waals surface area contributed by atoms with E-state index < -0.39 is 0 Å². The number of aryl methyl sites for hydroxylation is 1. The summed E-state index contributed by atoms with van der Waals surface area (Å²) in [5, 5.41) is 9.70. The Morgan fingerprint density at radius 1 is 0.963 bits per heavy atom. The summed E-state index contributed by atoms with van der Waals surface area (Å²) in [4.78, 5) is 2.49.